The van der Waals surface area contributed by atoms with Crippen molar-refractivity contribution in [2.24, 2.45) is 0 Å². The van der Waals surface area contributed by atoms with Crippen molar-refractivity contribution in [1.29, 1.82) is 0 Å². The molecule has 0 saturated carbocycles. The molecule has 2 aliphatic heterocycles. The fourth-order valence-electron chi connectivity index (χ4n) is 4.31. The molecule has 2 saturated heterocycles. The molecule has 132 valence electrons. The van der Waals surface area contributed by atoms with E-state index in [1.165, 1.54) is 18.4 Å². The Hall–Kier alpha value is -2.21. The van der Waals surface area contributed by atoms with E-state index in [1.807, 2.05) is 0 Å². The summed E-state index contributed by atoms with van der Waals surface area (Å²) >= 11 is 0. The molecule has 0 aliphatic carbocycles. The van der Waals surface area contributed by atoms with Crippen LogP contribution in [0, 0.1) is 0 Å². The van der Waals surface area contributed by atoms with Crippen LogP contribution in [0.25, 0.3) is 0 Å². The van der Waals surface area contributed by atoms with Crippen LogP contribution in [0.1, 0.15) is 54.9 Å². The Morgan fingerprint density at radius 1 is 1.36 bits per heavy atom. The largest absolute Gasteiger partial charge is 0.359 e. The molecule has 25 heavy (non-hydrogen) atoms. The Morgan fingerprint density at radius 3 is 3.00 bits per heavy atom. The van der Waals surface area contributed by atoms with Crippen molar-refractivity contribution in [3.8, 4) is 0 Å². The van der Waals surface area contributed by atoms with E-state index in [0.717, 1.165) is 18.8 Å². The van der Waals surface area contributed by atoms with E-state index in [0.29, 0.717) is 36.7 Å². The van der Waals surface area contributed by atoms with Crippen LogP contribution in [0.5, 0.6) is 0 Å². The first-order valence-corrected chi connectivity index (χ1v) is 9.10. The first kappa shape index (κ1) is 16.3. The third kappa shape index (κ3) is 3.18. The zero-order chi connectivity index (χ0) is 17.2. The smallest absolute Gasteiger partial charge is 0.227 e. The second-order valence-electron chi connectivity index (χ2n) is 6.94. The number of rotatable bonds is 5. The van der Waals surface area contributed by atoms with Gasteiger partial charge in [0.05, 0.1) is 0 Å². The standard InChI is InChI=1S/C19H24N4O2/c1-20-17(24)9-10-18-21-19(22-25-18)14-12-16(13-6-3-2-4-7-13)23-11-5-8-15(14)23/h2-4,6-7,14-16H,5,8-12H2,1H3,(H,20,24)/t14-,15+,16-/m0/s1. The number of fused-ring (bicyclic) bond motifs is 1. The van der Waals surface area contributed by atoms with Crippen LogP contribution in [0.15, 0.2) is 34.9 Å². The van der Waals surface area contributed by atoms with Crippen molar-refractivity contribution in [3.63, 3.8) is 0 Å². The van der Waals surface area contributed by atoms with Gasteiger partial charge in [-0.3, -0.25) is 9.69 Å². The maximum atomic E-state index is 11.4. The number of aryl methyl sites for hydroxylation is 1. The number of hydrogen-bond donors (Lipinski definition) is 1. The summed E-state index contributed by atoms with van der Waals surface area (Å²) < 4.78 is 5.40. The average Bonchev–Trinajstić information content (AvgIpc) is 3.36. The topological polar surface area (TPSA) is 71.3 Å². The number of hydrogen-bond acceptors (Lipinski definition) is 5. The normalized spacial score (nSPS) is 25.9. The molecule has 3 atom stereocenters. The summed E-state index contributed by atoms with van der Waals surface area (Å²) in [6, 6.07) is 11.6. The van der Waals surface area contributed by atoms with E-state index in [4.69, 9.17) is 4.52 Å². The molecular weight excluding hydrogens is 316 g/mol. The molecule has 1 aromatic heterocycles. The van der Waals surface area contributed by atoms with Gasteiger partial charge < -0.3 is 9.84 Å². The second kappa shape index (κ2) is 6.96. The Balaban J connectivity index is 1.51. The summed E-state index contributed by atoms with van der Waals surface area (Å²) in [7, 11) is 1.64. The Morgan fingerprint density at radius 2 is 2.20 bits per heavy atom. The van der Waals surface area contributed by atoms with E-state index in [9.17, 15) is 4.79 Å². The summed E-state index contributed by atoms with van der Waals surface area (Å²) in [6.45, 7) is 1.14. The van der Waals surface area contributed by atoms with Crippen LogP contribution >= 0.6 is 0 Å². The maximum absolute atomic E-state index is 11.4. The minimum absolute atomic E-state index is 0.00766. The molecule has 6 nitrogen and oxygen atoms in total. The predicted octanol–water partition coefficient (Wildman–Crippen LogP) is 2.44. The number of nitrogens with zero attached hydrogens (tertiary/aromatic N) is 3. The number of amides is 1. The molecular formula is C19H24N4O2. The summed E-state index contributed by atoms with van der Waals surface area (Å²) in [5, 5.41) is 6.86. The number of nitrogens with one attached hydrogen (secondary N) is 1. The van der Waals surface area contributed by atoms with E-state index in [1.54, 1.807) is 7.05 Å². The SMILES string of the molecule is CNC(=O)CCc1nc([C@H]2C[C@@H](c3ccccc3)N3CCC[C@H]23)no1. The highest BCUT2D eigenvalue weighted by Gasteiger charge is 2.46. The fraction of sp³-hybridized carbons (Fsp3) is 0.526. The zero-order valence-corrected chi connectivity index (χ0v) is 14.5. The van der Waals surface area contributed by atoms with Crippen LogP contribution in [0.2, 0.25) is 0 Å². The van der Waals surface area contributed by atoms with Crippen LogP contribution in [-0.4, -0.2) is 40.6 Å². The van der Waals surface area contributed by atoms with Crippen molar-refractivity contribution >= 4 is 5.91 Å². The number of aromatic nitrogens is 2. The Bertz CT molecular complexity index is 730. The third-order valence-electron chi connectivity index (χ3n) is 5.53. The lowest BCUT2D eigenvalue weighted by Crippen LogP contribution is -2.27. The van der Waals surface area contributed by atoms with Crippen molar-refractivity contribution < 1.29 is 9.32 Å². The van der Waals surface area contributed by atoms with Crippen molar-refractivity contribution in [2.45, 2.75) is 50.1 Å². The van der Waals surface area contributed by atoms with Gasteiger partial charge in [-0.1, -0.05) is 35.5 Å². The molecule has 1 aromatic carbocycles. The highest BCUT2D eigenvalue weighted by atomic mass is 16.5. The molecule has 2 aromatic rings. The van der Waals surface area contributed by atoms with Crippen molar-refractivity contribution in [3.05, 3.63) is 47.6 Å². The molecule has 3 heterocycles. The summed E-state index contributed by atoms with van der Waals surface area (Å²) in [5.41, 5.74) is 1.38. The fourth-order valence-corrected chi connectivity index (χ4v) is 4.31. The zero-order valence-electron chi connectivity index (χ0n) is 14.5. The van der Waals surface area contributed by atoms with E-state index < -0.39 is 0 Å². The highest BCUT2D eigenvalue weighted by molar-refractivity contribution is 5.75. The number of benzene rings is 1. The molecule has 6 heteroatoms. The van der Waals surface area contributed by atoms with Gasteiger partial charge in [0.1, 0.15) is 0 Å². The first-order chi connectivity index (χ1) is 12.3. The monoisotopic (exact) mass is 340 g/mol. The van der Waals surface area contributed by atoms with Gasteiger partial charge in [0.25, 0.3) is 0 Å². The predicted molar refractivity (Wildman–Crippen MR) is 93.0 cm³/mol. The van der Waals surface area contributed by atoms with E-state index in [-0.39, 0.29) is 5.91 Å². The van der Waals surface area contributed by atoms with E-state index >= 15 is 0 Å². The molecule has 4 rings (SSSR count). The van der Waals surface area contributed by atoms with E-state index in [2.05, 4.69) is 50.7 Å². The van der Waals surface area contributed by atoms with Gasteiger partial charge in [0, 0.05) is 37.9 Å². The van der Waals surface area contributed by atoms with Gasteiger partial charge in [0.15, 0.2) is 5.82 Å². The van der Waals surface area contributed by atoms with Crippen molar-refractivity contribution in [1.82, 2.24) is 20.4 Å². The summed E-state index contributed by atoms with van der Waals surface area (Å²) in [4.78, 5) is 18.6. The highest BCUT2D eigenvalue weighted by Crippen LogP contribution is 2.48. The Labute approximate surface area is 147 Å². The number of carbonyl (C=O) groups is 1. The maximum Gasteiger partial charge on any atom is 0.227 e. The van der Waals surface area contributed by atoms with Gasteiger partial charge in [-0.25, -0.2) is 0 Å². The average molecular weight is 340 g/mol. The molecule has 2 fully saturated rings. The lowest BCUT2D eigenvalue weighted by Gasteiger charge is -2.24. The van der Waals surface area contributed by atoms with Gasteiger partial charge in [-0.15, -0.1) is 0 Å². The lowest BCUT2D eigenvalue weighted by atomic mass is 9.94. The van der Waals surface area contributed by atoms with Crippen LogP contribution < -0.4 is 5.32 Å². The van der Waals surface area contributed by atoms with Crippen LogP contribution in [0.4, 0.5) is 0 Å². The van der Waals surface area contributed by atoms with Gasteiger partial charge in [0.2, 0.25) is 11.8 Å². The van der Waals surface area contributed by atoms with Gasteiger partial charge in [-0.05, 0) is 31.4 Å². The Kier molecular flexibility index (Phi) is 4.53. The van der Waals surface area contributed by atoms with Crippen molar-refractivity contribution in [2.75, 3.05) is 13.6 Å². The molecule has 0 spiro atoms. The second-order valence-corrected chi connectivity index (χ2v) is 6.94. The molecule has 1 amide bonds. The molecule has 1 N–H and O–H groups in total. The minimum atomic E-state index is -0.00766. The number of carbonyl (C=O) groups excluding carboxylic acids is 1. The molecule has 0 unspecified atom stereocenters. The molecule has 0 radical (unpaired) electrons. The molecule has 0 bridgehead atoms. The first-order valence-electron chi connectivity index (χ1n) is 9.10. The minimum Gasteiger partial charge on any atom is -0.359 e. The summed E-state index contributed by atoms with van der Waals surface area (Å²) in [6.07, 6.45) is 4.33. The molecule has 2 aliphatic rings. The van der Waals surface area contributed by atoms with Gasteiger partial charge >= 0.3 is 0 Å². The van der Waals surface area contributed by atoms with Gasteiger partial charge in [-0.2, -0.15) is 4.98 Å². The summed E-state index contributed by atoms with van der Waals surface area (Å²) in [5.74, 6) is 1.67. The van der Waals surface area contributed by atoms with Crippen LogP contribution in [-0.2, 0) is 11.2 Å². The lowest BCUT2D eigenvalue weighted by molar-refractivity contribution is -0.120. The quantitative estimate of drug-likeness (QED) is 0.905. The van der Waals surface area contributed by atoms with Crippen LogP contribution in [0.3, 0.4) is 0 Å². The third-order valence-corrected chi connectivity index (χ3v) is 5.53.